The Kier molecular flexibility index (Phi) is 6.43. The van der Waals surface area contributed by atoms with Crippen LogP contribution in [0.2, 0.25) is 0 Å². The van der Waals surface area contributed by atoms with E-state index in [4.69, 9.17) is 9.47 Å². The van der Waals surface area contributed by atoms with Crippen molar-refractivity contribution in [3.8, 4) is 0 Å². The molecule has 27 heavy (non-hydrogen) atoms. The van der Waals surface area contributed by atoms with E-state index in [1.165, 1.54) is 0 Å². The van der Waals surface area contributed by atoms with Gasteiger partial charge in [-0.2, -0.15) is 0 Å². The number of amides is 2. The lowest BCUT2D eigenvalue weighted by atomic mass is 10.1. The smallest absolute Gasteiger partial charge is 0.294 e. The van der Waals surface area contributed by atoms with Gasteiger partial charge in [0, 0.05) is 18.3 Å². The number of ketones is 1. The molecule has 1 aromatic rings. The summed E-state index contributed by atoms with van der Waals surface area (Å²) in [5.41, 5.74) is 1.19. The second-order valence-electron chi connectivity index (χ2n) is 7.85. The van der Waals surface area contributed by atoms with Crippen molar-refractivity contribution in [1.29, 1.82) is 0 Å². The average molecular weight is 379 g/mol. The number of ether oxygens (including phenoxy) is 2. The van der Waals surface area contributed by atoms with Crippen LogP contribution in [-0.2, 0) is 21.3 Å². The van der Waals surface area contributed by atoms with Crippen LogP contribution in [0.4, 0.5) is 0 Å². The van der Waals surface area contributed by atoms with Gasteiger partial charge in [-0.15, -0.1) is 0 Å². The molecule has 1 aliphatic heterocycles. The number of nitrogens with one attached hydrogen (secondary N) is 2. The first-order valence-corrected chi connectivity index (χ1v) is 9.02. The molecule has 2 amide bonds. The highest BCUT2D eigenvalue weighted by molar-refractivity contribution is 6.43. The molecule has 0 atom stereocenters. The molecular weight excluding hydrogens is 350 g/mol. The number of carbonyl (C=O) groups excluding carboxylic acids is 3. The highest BCUT2D eigenvalue weighted by Gasteiger charge is 2.30. The van der Waals surface area contributed by atoms with Crippen molar-refractivity contribution < 1.29 is 23.9 Å². The van der Waals surface area contributed by atoms with Crippen molar-refractivity contribution in [1.82, 2.24) is 15.2 Å². The summed E-state index contributed by atoms with van der Waals surface area (Å²) in [5.74, 6) is -1.66. The number of hydrogen-bond acceptors (Lipinski definition) is 5. The predicted octanol–water partition coefficient (Wildman–Crippen LogP) is 0.885. The first-order chi connectivity index (χ1) is 12.5. The molecule has 0 aliphatic carbocycles. The molecule has 150 valence electrons. The van der Waals surface area contributed by atoms with Gasteiger partial charge in [0.05, 0.1) is 43.7 Å². The Bertz CT molecular complexity index is 738. The zero-order valence-electron chi connectivity index (χ0n) is 16.9. The summed E-state index contributed by atoms with van der Waals surface area (Å²) in [6, 6.07) is -0.262. The first kappa shape index (κ1) is 21.1. The van der Waals surface area contributed by atoms with E-state index in [1.54, 1.807) is 46.2 Å². The van der Waals surface area contributed by atoms with E-state index >= 15 is 0 Å². The third-order valence-electron chi connectivity index (χ3n) is 4.41. The Hall–Kier alpha value is -2.19. The number of carbonyl (C=O) groups is 3. The van der Waals surface area contributed by atoms with E-state index in [0.717, 1.165) is 0 Å². The molecule has 8 nitrogen and oxygen atoms in total. The Morgan fingerprint density at radius 2 is 1.63 bits per heavy atom. The highest BCUT2D eigenvalue weighted by atomic mass is 16.5. The largest absolute Gasteiger partial charge is 0.377 e. The molecule has 0 spiro atoms. The molecule has 0 aromatic carbocycles. The average Bonchev–Trinajstić information content (AvgIpc) is 2.73. The van der Waals surface area contributed by atoms with Gasteiger partial charge in [-0.1, -0.05) is 0 Å². The monoisotopic (exact) mass is 379 g/mol. The standard InChI is InChI=1S/C19H29N3O5/c1-11-14(17(24)20-13-9-26-7-8-27-10-13)12(2)22(6)15(11)16(23)18(25)21-19(3,4)5/h13H,7-10H2,1-6H3,(H,20,24)(H,21,25). The molecule has 2 N–H and O–H groups in total. The third-order valence-corrected chi connectivity index (χ3v) is 4.41. The second kappa shape index (κ2) is 8.22. The van der Waals surface area contributed by atoms with E-state index in [9.17, 15) is 14.4 Å². The summed E-state index contributed by atoms with van der Waals surface area (Å²) in [7, 11) is 1.68. The Morgan fingerprint density at radius 1 is 1.07 bits per heavy atom. The summed E-state index contributed by atoms with van der Waals surface area (Å²) >= 11 is 0. The summed E-state index contributed by atoms with van der Waals surface area (Å²) in [4.78, 5) is 37.8. The van der Waals surface area contributed by atoms with Crippen LogP contribution in [0, 0.1) is 13.8 Å². The van der Waals surface area contributed by atoms with E-state index in [0.29, 0.717) is 43.2 Å². The van der Waals surface area contributed by atoms with E-state index in [2.05, 4.69) is 10.6 Å². The molecule has 0 radical (unpaired) electrons. The van der Waals surface area contributed by atoms with Crippen molar-refractivity contribution in [2.75, 3.05) is 26.4 Å². The Morgan fingerprint density at radius 3 is 2.15 bits per heavy atom. The normalized spacial score (nSPS) is 15.9. The van der Waals surface area contributed by atoms with Crippen molar-refractivity contribution in [3.63, 3.8) is 0 Å². The van der Waals surface area contributed by atoms with Crippen molar-refractivity contribution in [2.45, 2.75) is 46.2 Å². The van der Waals surface area contributed by atoms with Gasteiger partial charge in [0.2, 0.25) is 0 Å². The van der Waals surface area contributed by atoms with Gasteiger partial charge in [-0.3, -0.25) is 14.4 Å². The van der Waals surface area contributed by atoms with E-state index < -0.39 is 17.2 Å². The van der Waals surface area contributed by atoms with Gasteiger partial charge in [0.25, 0.3) is 17.6 Å². The highest BCUT2D eigenvalue weighted by Crippen LogP contribution is 2.22. The van der Waals surface area contributed by atoms with Crippen LogP contribution >= 0.6 is 0 Å². The molecule has 8 heteroatoms. The molecule has 1 fully saturated rings. The SMILES string of the molecule is Cc1c(C(=O)NC2COCCOC2)c(C)n(C)c1C(=O)C(=O)NC(C)(C)C. The van der Waals surface area contributed by atoms with Gasteiger partial charge < -0.3 is 24.7 Å². The lowest BCUT2D eigenvalue weighted by Gasteiger charge is -2.20. The second-order valence-corrected chi connectivity index (χ2v) is 7.85. The lowest BCUT2D eigenvalue weighted by molar-refractivity contribution is -0.118. The van der Waals surface area contributed by atoms with Crippen molar-refractivity contribution >= 4 is 17.6 Å². The van der Waals surface area contributed by atoms with Crippen molar-refractivity contribution in [2.24, 2.45) is 7.05 Å². The number of hydrogen-bond donors (Lipinski definition) is 2. The molecule has 1 aliphatic rings. The van der Waals surface area contributed by atoms with E-state index in [1.807, 2.05) is 0 Å². The lowest BCUT2D eigenvalue weighted by Crippen LogP contribution is -2.44. The molecule has 0 saturated carbocycles. The third kappa shape index (κ3) is 4.95. The maximum Gasteiger partial charge on any atom is 0.294 e. The van der Waals surface area contributed by atoms with Crippen LogP contribution in [0.25, 0.3) is 0 Å². The molecule has 1 saturated heterocycles. The van der Waals surface area contributed by atoms with Gasteiger partial charge in [-0.05, 0) is 40.2 Å². The van der Waals surface area contributed by atoms with Crippen LogP contribution in [0.15, 0.2) is 0 Å². The molecule has 2 heterocycles. The van der Waals surface area contributed by atoms with Gasteiger partial charge >= 0.3 is 0 Å². The zero-order chi connectivity index (χ0) is 20.4. The first-order valence-electron chi connectivity index (χ1n) is 9.02. The fourth-order valence-corrected chi connectivity index (χ4v) is 3.10. The van der Waals surface area contributed by atoms with E-state index in [-0.39, 0.29) is 17.6 Å². The fourth-order valence-electron chi connectivity index (χ4n) is 3.10. The number of Topliss-reactive ketones (excluding diaryl/α,β-unsaturated/α-hetero) is 1. The maximum atomic E-state index is 12.8. The molecule has 2 rings (SSSR count). The molecule has 0 unspecified atom stereocenters. The van der Waals surface area contributed by atoms with Gasteiger partial charge in [0.15, 0.2) is 0 Å². The fraction of sp³-hybridized carbons (Fsp3) is 0.632. The minimum absolute atomic E-state index is 0.216. The zero-order valence-corrected chi connectivity index (χ0v) is 16.9. The van der Waals surface area contributed by atoms with Gasteiger partial charge in [-0.25, -0.2) is 0 Å². The van der Waals surface area contributed by atoms with Crippen LogP contribution in [-0.4, -0.2) is 60.2 Å². The van der Waals surface area contributed by atoms with Crippen molar-refractivity contribution in [3.05, 3.63) is 22.5 Å². The summed E-state index contributed by atoms with van der Waals surface area (Å²) in [6.45, 7) is 10.6. The summed E-state index contributed by atoms with van der Waals surface area (Å²) < 4.78 is 12.4. The molecular formula is C19H29N3O5. The minimum atomic E-state index is -0.691. The van der Waals surface area contributed by atoms with Crippen LogP contribution < -0.4 is 10.6 Å². The topological polar surface area (TPSA) is 98.7 Å². The number of nitrogens with zero attached hydrogens (tertiary/aromatic N) is 1. The predicted molar refractivity (Wildman–Crippen MR) is 100 cm³/mol. The summed E-state index contributed by atoms with van der Waals surface area (Å²) in [6.07, 6.45) is 0. The molecule has 0 bridgehead atoms. The minimum Gasteiger partial charge on any atom is -0.377 e. The van der Waals surface area contributed by atoms with Gasteiger partial charge in [0.1, 0.15) is 0 Å². The van der Waals surface area contributed by atoms with Crippen LogP contribution in [0.3, 0.4) is 0 Å². The number of aromatic nitrogens is 1. The Labute approximate surface area is 159 Å². The maximum absolute atomic E-state index is 12.8. The van der Waals surface area contributed by atoms with Crippen LogP contribution in [0.5, 0.6) is 0 Å². The number of rotatable bonds is 4. The Balaban J connectivity index is 2.26. The molecule has 1 aromatic heterocycles. The quantitative estimate of drug-likeness (QED) is 0.598. The summed E-state index contributed by atoms with van der Waals surface area (Å²) in [5, 5.41) is 5.56. The van der Waals surface area contributed by atoms with Crippen LogP contribution in [0.1, 0.15) is 52.9 Å².